The zero-order chi connectivity index (χ0) is 25.5. The fourth-order valence-electron chi connectivity index (χ4n) is 4.50. The van der Waals surface area contributed by atoms with Gasteiger partial charge in [0.05, 0.1) is 0 Å². The third-order valence-corrected chi connectivity index (χ3v) is 6.50. The molecule has 0 atom stereocenters. The second-order valence-corrected chi connectivity index (χ2v) is 8.86. The zero-order valence-electron chi connectivity index (χ0n) is 19.8. The van der Waals surface area contributed by atoms with Crippen LogP contribution in [0.2, 0.25) is 0 Å². The Bertz CT molecular complexity index is 1080. The largest absolute Gasteiger partial charge is 0.478 e. The van der Waals surface area contributed by atoms with Crippen LogP contribution in [-0.4, -0.2) is 55.0 Å². The van der Waals surface area contributed by atoms with Crippen molar-refractivity contribution in [1.82, 2.24) is 9.80 Å². The summed E-state index contributed by atoms with van der Waals surface area (Å²) >= 11 is 0. The molecule has 8 heteroatoms. The highest BCUT2D eigenvalue weighted by atomic mass is 19.1. The maximum Gasteiger partial charge on any atom is 0.260 e. The van der Waals surface area contributed by atoms with Gasteiger partial charge in [0.2, 0.25) is 0 Å². The van der Waals surface area contributed by atoms with E-state index in [9.17, 15) is 22.4 Å². The number of hydrogen-bond donors (Lipinski definition) is 0. The Labute approximate surface area is 208 Å². The average molecular weight is 501 g/mol. The van der Waals surface area contributed by atoms with Crippen molar-refractivity contribution in [3.8, 4) is 5.75 Å². The van der Waals surface area contributed by atoms with Crippen molar-refractivity contribution in [2.75, 3.05) is 39.3 Å². The molecule has 3 aromatic rings. The summed E-state index contributed by atoms with van der Waals surface area (Å²) in [5, 5.41) is 0. The van der Waals surface area contributed by atoms with Gasteiger partial charge >= 0.3 is 0 Å². The summed E-state index contributed by atoms with van der Waals surface area (Å²) in [6.45, 7) is 2.75. The minimum Gasteiger partial charge on any atom is -0.478 e. The molecule has 1 fully saturated rings. The Kier molecular flexibility index (Phi) is 8.59. The second kappa shape index (κ2) is 12.0. The summed E-state index contributed by atoms with van der Waals surface area (Å²) in [5.41, 5.74) is 1.95. The first kappa shape index (κ1) is 25.7. The Morgan fingerprint density at radius 1 is 0.778 bits per heavy atom. The molecule has 1 heterocycles. The van der Waals surface area contributed by atoms with Gasteiger partial charge < -0.3 is 9.64 Å². The summed E-state index contributed by atoms with van der Waals surface area (Å²) in [7, 11) is 0. The lowest BCUT2D eigenvalue weighted by Crippen LogP contribution is -2.50. The molecule has 0 N–H and O–H groups in total. The van der Waals surface area contributed by atoms with Gasteiger partial charge in [0, 0.05) is 32.1 Å². The summed E-state index contributed by atoms with van der Waals surface area (Å²) in [6, 6.07) is 16.2. The van der Waals surface area contributed by atoms with E-state index in [1.54, 1.807) is 29.2 Å². The van der Waals surface area contributed by atoms with Crippen molar-refractivity contribution < 1.29 is 27.1 Å². The van der Waals surface area contributed by atoms with Gasteiger partial charge in [0.25, 0.3) is 5.91 Å². The number of carbonyl (C=O) groups is 1. The van der Waals surface area contributed by atoms with E-state index in [0.29, 0.717) is 26.2 Å². The predicted octanol–water partition coefficient (Wildman–Crippen LogP) is 5.38. The monoisotopic (exact) mass is 500 g/mol. The molecule has 0 bridgehead atoms. The standard InChI is InChI=1S/C28H28F4N2O2/c29-22-10-6-20(7-11-22)24(21-8-12-23(30)13-9-21)3-2-14-33-15-17-34(18-16-33)27(35)19-36-28-25(31)4-1-5-26(28)32/h1,4-13,24H,2-3,14-19H2. The number of benzene rings is 3. The molecule has 0 spiro atoms. The number of piperazine rings is 1. The number of nitrogens with zero attached hydrogens (tertiary/aromatic N) is 2. The van der Waals surface area contributed by atoms with Gasteiger partial charge in [-0.3, -0.25) is 9.69 Å². The molecule has 0 aromatic heterocycles. The maximum absolute atomic E-state index is 13.7. The first-order chi connectivity index (χ1) is 17.4. The number of para-hydroxylation sites is 1. The quantitative estimate of drug-likeness (QED) is 0.370. The summed E-state index contributed by atoms with van der Waals surface area (Å²) in [4.78, 5) is 16.3. The van der Waals surface area contributed by atoms with E-state index in [1.807, 2.05) is 0 Å². The van der Waals surface area contributed by atoms with Crippen LogP contribution in [0.4, 0.5) is 17.6 Å². The molecule has 3 aromatic carbocycles. The molecule has 4 nitrogen and oxygen atoms in total. The maximum atomic E-state index is 13.7. The zero-order valence-corrected chi connectivity index (χ0v) is 19.8. The van der Waals surface area contributed by atoms with E-state index >= 15 is 0 Å². The summed E-state index contributed by atoms with van der Waals surface area (Å²) in [6.07, 6.45) is 1.67. The Hall–Kier alpha value is -3.39. The summed E-state index contributed by atoms with van der Waals surface area (Å²) < 4.78 is 59.3. The van der Waals surface area contributed by atoms with E-state index < -0.39 is 24.0 Å². The van der Waals surface area contributed by atoms with E-state index in [4.69, 9.17) is 4.74 Å². The molecule has 1 aliphatic heterocycles. The Morgan fingerprint density at radius 2 is 1.31 bits per heavy atom. The minimum absolute atomic E-state index is 0.0185. The molecule has 0 unspecified atom stereocenters. The van der Waals surface area contributed by atoms with Crippen LogP contribution in [0.1, 0.15) is 29.9 Å². The fourth-order valence-corrected chi connectivity index (χ4v) is 4.50. The molecular formula is C28H28F4N2O2. The number of amides is 1. The molecule has 190 valence electrons. The highest BCUT2D eigenvalue weighted by Crippen LogP contribution is 2.30. The third-order valence-electron chi connectivity index (χ3n) is 6.50. The van der Waals surface area contributed by atoms with Gasteiger partial charge in [-0.25, -0.2) is 17.6 Å². The number of halogens is 4. The Balaban J connectivity index is 1.26. The molecule has 1 aliphatic rings. The van der Waals surface area contributed by atoms with E-state index in [1.165, 1.54) is 30.3 Å². The van der Waals surface area contributed by atoms with Crippen LogP contribution in [0.15, 0.2) is 66.7 Å². The third kappa shape index (κ3) is 6.63. The van der Waals surface area contributed by atoms with Crippen LogP contribution in [0.3, 0.4) is 0 Å². The molecular weight excluding hydrogens is 472 g/mol. The van der Waals surface area contributed by atoms with E-state index in [0.717, 1.165) is 42.6 Å². The van der Waals surface area contributed by atoms with Crippen molar-refractivity contribution in [2.45, 2.75) is 18.8 Å². The molecule has 1 amide bonds. The van der Waals surface area contributed by atoms with Gasteiger partial charge in [-0.2, -0.15) is 0 Å². The number of rotatable bonds is 9. The lowest BCUT2D eigenvalue weighted by atomic mass is 9.87. The van der Waals surface area contributed by atoms with Crippen LogP contribution in [0.5, 0.6) is 5.75 Å². The van der Waals surface area contributed by atoms with Gasteiger partial charge in [0.15, 0.2) is 24.0 Å². The van der Waals surface area contributed by atoms with Gasteiger partial charge in [0.1, 0.15) is 11.6 Å². The highest BCUT2D eigenvalue weighted by molar-refractivity contribution is 5.77. The predicted molar refractivity (Wildman–Crippen MR) is 129 cm³/mol. The topological polar surface area (TPSA) is 32.8 Å². The van der Waals surface area contributed by atoms with Gasteiger partial charge in [-0.05, 0) is 66.9 Å². The van der Waals surface area contributed by atoms with Crippen molar-refractivity contribution >= 4 is 5.91 Å². The molecule has 36 heavy (non-hydrogen) atoms. The molecule has 0 saturated carbocycles. The first-order valence-corrected chi connectivity index (χ1v) is 12.0. The van der Waals surface area contributed by atoms with Crippen molar-refractivity contribution in [3.63, 3.8) is 0 Å². The van der Waals surface area contributed by atoms with Crippen molar-refractivity contribution in [3.05, 3.63) is 101 Å². The average Bonchev–Trinajstić information content (AvgIpc) is 2.88. The Morgan fingerprint density at radius 3 is 1.83 bits per heavy atom. The SMILES string of the molecule is O=C(COc1c(F)cccc1F)N1CCN(CCCC(c2ccc(F)cc2)c2ccc(F)cc2)CC1. The second-order valence-electron chi connectivity index (χ2n) is 8.86. The van der Waals surface area contributed by atoms with Crippen LogP contribution >= 0.6 is 0 Å². The number of hydrogen-bond acceptors (Lipinski definition) is 3. The number of ether oxygens (including phenoxy) is 1. The van der Waals surface area contributed by atoms with Crippen molar-refractivity contribution in [1.29, 1.82) is 0 Å². The van der Waals surface area contributed by atoms with Gasteiger partial charge in [-0.1, -0.05) is 30.3 Å². The van der Waals surface area contributed by atoms with E-state index in [2.05, 4.69) is 4.90 Å². The lowest BCUT2D eigenvalue weighted by molar-refractivity contribution is -0.135. The van der Waals surface area contributed by atoms with Crippen molar-refractivity contribution in [2.24, 2.45) is 0 Å². The number of carbonyl (C=O) groups excluding carboxylic acids is 1. The lowest BCUT2D eigenvalue weighted by Gasteiger charge is -2.35. The smallest absolute Gasteiger partial charge is 0.260 e. The first-order valence-electron chi connectivity index (χ1n) is 12.0. The molecule has 0 radical (unpaired) electrons. The van der Waals surface area contributed by atoms with Gasteiger partial charge in [-0.15, -0.1) is 0 Å². The molecule has 0 aliphatic carbocycles. The van der Waals surface area contributed by atoms with Crippen LogP contribution in [0, 0.1) is 23.3 Å². The van der Waals surface area contributed by atoms with E-state index in [-0.39, 0.29) is 23.5 Å². The van der Waals surface area contributed by atoms with Crippen LogP contribution in [-0.2, 0) is 4.79 Å². The summed E-state index contributed by atoms with van der Waals surface area (Å²) in [5.74, 6) is -3.11. The normalized spacial score (nSPS) is 14.3. The minimum atomic E-state index is -0.841. The molecule has 1 saturated heterocycles. The van der Waals surface area contributed by atoms with Crippen LogP contribution in [0.25, 0.3) is 0 Å². The molecule has 4 rings (SSSR count). The van der Waals surface area contributed by atoms with Crippen LogP contribution < -0.4 is 4.74 Å². The highest BCUT2D eigenvalue weighted by Gasteiger charge is 2.23. The fraction of sp³-hybridized carbons (Fsp3) is 0.321.